The summed E-state index contributed by atoms with van der Waals surface area (Å²) < 4.78 is 0. The molecule has 0 saturated carbocycles. The molecule has 0 aliphatic heterocycles. The van der Waals surface area contributed by atoms with Crippen LogP contribution < -0.4 is 16.0 Å². The molecule has 1 aromatic rings. The molecule has 166 valence electrons. The molecule has 1 rings (SSSR count). The highest BCUT2D eigenvalue weighted by molar-refractivity contribution is 7.98. The van der Waals surface area contributed by atoms with Gasteiger partial charge in [0.15, 0.2) is 0 Å². The number of carboxylic acid groups (broad SMARTS) is 1. The number of carbonyl (C=O) groups is 4. The zero-order valence-electron chi connectivity index (χ0n) is 17.6. The molecular formula is C21H31N3O5S. The molecule has 9 heteroatoms. The average molecular weight is 438 g/mol. The van der Waals surface area contributed by atoms with Gasteiger partial charge in [-0.3, -0.25) is 14.4 Å². The third kappa shape index (κ3) is 9.30. The van der Waals surface area contributed by atoms with E-state index in [2.05, 4.69) is 16.0 Å². The first kappa shape index (κ1) is 25.5. The lowest BCUT2D eigenvalue weighted by Crippen LogP contribution is -2.55. The van der Waals surface area contributed by atoms with Crippen molar-refractivity contribution in [2.24, 2.45) is 5.92 Å². The third-order valence-corrected chi connectivity index (χ3v) is 5.08. The Kier molecular flexibility index (Phi) is 11.6. The summed E-state index contributed by atoms with van der Waals surface area (Å²) in [5.74, 6) is -1.43. The number of hydrogen-bond acceptors (Lipinski definition) is 5. The molecule has 8 nitrogen and oxygen atoms in total. The van der Waals surface area contributed by atoms with E-state index in [0.29, 0.717) is 25.0 Å². The monoisotopic (exact) mass is 437 g/mol. The van der Waals surface area contributed by atoms with Crippen molar-refractivity contribution in [3.8, 4) is 0 Å². The fourth-order valence-corrected chi connectivity index (χ4v) is 3.38. The van der Waals surface area contributed by atoms with E-state index in [1.54, 1.807) is 36.0 Å². The zero-order chi connectivity index (χ0) is 22.5. The Bertz CT molecular complexity index is 699. The lowest BCUT2D eigenvalue weighted by Gasteiger charge is -2.25. The van der Waals surface area contributed by atoms with Crippen LogP contribution in [0, 0.1) is 5.92 Å². The minimum atomic E-state index is -1.15. The topological polar surface area (TPSA) is 125 Å². The second kappa shape index (κ2) is 13.6. The van der Waals surface area contributed by atoms with Crippen LogP contribution in [-0.2, 0) is 25.6 Å². The van der Waals surface area contributed by atoms with Gasteiger partial charge in [-0.1, -0.05) is 44.2 Å². The second-order valence-electron chi connectivity index (χ2n) is 7.40. The van der Waals surface area contributed by atoms with Gasteiger partial charge in [0.25, 0.3) is 0 Å². The molecule has 0 fully saturated rings. The van der Waals surface area contributed by atoms with Gasteiger partial charge in [-0.15, -0.1) is 0 Å². The van der Waals surface area contributed by atoms with E-state index < -0.39 is 35.9 Å². The number of carboxylic acids is 1. The molecule has 30 heavy (non-hydrogen) atoms. The maximum absolute atomic E-state index is 12.8. The van der Waals surface area contributed by atoms with E-state index in [1.165, 1.54) is 0 Å². The predicted octanol–water partition coefficient (Wildman–Crippen LogP) is 1.20. The highest BCUT2D eigenvalue weighted by atomic mass is 32.2. The van der Waals surface area contributed by atoms with Crippen LogP contribution >= 0.6 is 11.8 Å². The van der Waals surface area contributed by atoms with Crippen LogP contribution in [0.3, 0.4) is 0 Å². The van der Waals surface area contributed by atoms with Gasteiger partial charge in [-0.25, -0.2) is 4.79 Å². The van der Waals surface area contributed by atoms with E-state index in [1.807, 2.05) is 26.2 Å². The third-order valence-electron chi connectivity index (χ3n) is 4.43. The van der Waals surface area contributed by atoms with Crippen molar-refractivity contribution in [3.63, 3.8) is 0 Å². The normalized spacial score (nSPS) is 13.7. The Balaban J connectivity index is 2.88. The quantitative estimate of drug-likeness (QED) is 0.324. The van der Waals surface area contributed by atoms with Crippen LogP contribution in [0.25, 0.3) is 0 Å². The van der Waals surface area contributed by atoms with E-state index in [4.69, 9.17) is 0 Å². The Labute approximate surface area is 181 Å². The maximum atomic E-state index is 12.8. The molecule has 0 radical (unpaired) electrons. The van der Waals surface area contributed by atoms with Gasteiger partial charge in [-0.2, -0.15) is 11.8 Å². The van der Waals surface area contributed by atoms with E-state index >= 15 is 0 Å². The largest absolute Gasteiger partial charge is 0.480 e. The number of nitrogens with one attached hydrogen (secondary N) is 3. The number of benzene rings is 1. The van der Waals surface area contributed by atoms with Crippen LogP contribution in [0.4, 0.5) is 0 Å². The van der Waals surface area contributed by atoms with Gasteiger partial charge in [0.2, 0.25) is 18.2 Å². The molecule has 0 heterocycles. The summed E-state index contributed by atoms with van der Waals surface area (Å²) in [5, 5.41) is 17.2. The summed E-state index contributed by atoms with van der Waals surface area (Å²) in [6.07, 6.45) is 3.25. The van der Waals surface area contributed by atoms with Crippen LogP contribution in [0.1, 0.15) is 32.3 Å². The Hall–Kier alpha value is -2.55. The molecular weight excluding hydrogens is 406 g/mol. The highest BCUT2D eigenvalue weighted by Gasteiger charge is 2.29. The Morgan fingerprint density at radius 1 is 1.03 bits per heavy atom. The molecule has 1 aromatic carbocycles. The summed E-state index contributed by atoms with van der Waals surface area (Å²) in [5.41, 5.74) is 0.780. The van der Waals surface area contributed by atoms with Gasteiger partial charge in [-0.05, 0) is 36.3 Å². The fourth-order valence-electron chi connectivity index (χ4n) is 2.91. The van der Waals surface area contributed by atoms with E-state index in [0.717, 1.165) is 5.56 Å². The summed E-state index contributed by atoms with van der Waals surface area (Å²) in [6, 6.07) is 6.23. The van der Waals surface area contributed by atoms with Gasteiger partial charge in [0, 0.05) is 6.42 Å². The van der Waals surface area contributed by atoms with Crippen LogP contribution in [0.15, 0.2) is 30.3 Å². The van der Waals surface area contributed by atoms with Gasteiger partial charge >= 0.3 is 5.97 Å². The van der Waals surface area contributed by atoms with Crippen LogP contribution in [0.5, 0.6) is 0 Å². The SMILES string of the molecule is CSCC[C@H](NC=O)C(=O)N[C@@H](CC(C)C)C(=O)NC(Cc1ccccc1)C(=O)O. The number of hydrogen-bond donors (Lipinski definition) is 4. The second-order valence-corrected chi connectivity index (χ2v) is 8.38. The lowest BCUT2D eigenvalue weighted by molar-refractivity contribution is -0.142. The van der Waals surface area contributed by atoms with Gasteiger partial charge in [0.1, 0.15) is 18.1 Å². The average Bonchev–Trinajstić information content (AvgIpc) is 2.70. The fraction of sp³-hybridized carbons (Fsp3) is 0.524. The number of carbonyl (C=O) groups excluding carboxylic acids is 3. The van der Waals surface area contributed by atoms with Gasteiger partial charge in [0.05, 0.1) is 0 Å². The van der Waals surface area contributed by atoms with Crippen molar-refractivity contribution >= 4 is 36.0 Å². The molecule has 0 spiro atoms. The first-order valence-corrected chi connectivity index (χ1v) is 11.2. The standard InChI is InChI=1S/C21H31N3O5S/c1-14(2)11-17(23-19(26)16(22-13-25)9-10-30-3)20(27)24-18(21(28)29)12-15-7-5-4-6-8-15/h4-8,13-14,16-18H,9-12H2,1-3H3,(H,22,25)(H,23,26)(H,24,27)(H,28,29)/t16-,17-,18?/m0/s1. The molecule has 3 atom stereocenters. The van der Waals surface area contributed by atoms with E-state index in [-0.39, 0.29) is 12.3 Å². The summed E-state index contributed by atoms with van der Waals surface area (Å²) in [6.45, 7) is 3.81. The molecule has 3 amide bonds. The first-order valence-electron chi connectivity index (χ1n) is 9.84. The summed E-state index contributed by atoms with van der Waals surface area (Å²) in [7, 11) is 0. The smallest absolute Gasteiger partial charge is 0.326 e. The highest BCUT2D eigenvalue weighted by Crippen LogP contribution is 2.09. The van der Waals surface area contributed by atoms with Crippen molar-refractivity contribution in [3.05, 3.63) is 35.9 Å². The molecule has 0 aliphatic carbocycles. The van der Waals surface area contributed by atoms with Crippen molar-refractivity contribution in [1.82, 2.24) is 16.0 Å². The maximum Gasteiger partial charge on any atom is 0.326 e. The zero-order valence-corrected chi connectivity index (χ0v) is 18.4. The number of thioether (sulfide) groups is 1. The Morgan fingerprint density at radius 2 is 1.63 bits per heavy atom. The molecule has 0 bridgehead atoms. The van der Waals surface area contributed by atoms with E-state index in [9.17, 15) is 24.3 Å². The van der Waals surface area contributed by atoms with Crippen LogP contribution in [-0.4, -0.2) is 59.4 Å². The van der Waals surface area contributed by atoms with Crippen molar-refractivity contribution < 1.29 is 24.3 Å². The summed E-state index contributed by atoms with van der Waals surface area (Å²) >= 11 is 1.54. The van der Waals surface area contributed by atoms with Gasteiger partial charge < -0.3 is 21.1 Å². The molecule has 0 aromatic heterocycles. The van der Waals surface area contributed by atoms with Crippen molar-refractivity contribution in [2.45, 2.75) is 51.2 Å². The minimum absolute atomic E-state index is 0.0853. The molecule has 1 unspecified atom stereocenters. The number of amides is 3. The van der Waals surface area contributed by atoms with Crippen molar-refractivity contribution in [1.29, 1.82) is 0 Å². The minimum Gasteiger partial charge on any atom is -0.480 e. The van der Waals surface area contributed by atoms with Crippen LogP contribution in [0.2, 0.25) is 0 Å². The molecule has 0 aliphatic rings. The predicted molar refractivity (Wildman–Crippen MR) is 117 cm³/mol. The van der Waals surface area contributed by atoms with Crippen molar-refractivity contribution in [2.75, 3.05) is 12.0 Å². The Morgan fingerprint density at radius 3 is 2.17 bits per heavy atom. The molecule has 0 saturated heterocycles. The number of rotatable bonds is 14. The first-order chi connectivity index (χ1) is 14.3. The lowest BCUT2D eigenvalue weighted by atomic mass is 10.0. The number of aliphatic carboxylic acids is 1. The summed E-state index contributed by atoms with van der Waals surface area (Å²) in [4.78, 5) is 47.9. The molecule has 4 N–H and O–H groups in total.